The number of ether oxygens (including phenoxy) is 1. The van der Waals surface area contributed by atoms with Crippen LogP contribution in [0.25, 0.3) is 11.1 Å². The minimum Gasteiger partial charge on any atom is -0.462 e. The fourth-order valence-electron chi connectivity index (χ4n) is 2.69. The van der Waals surface area contributed by atoms with Crippen LogP contribution >= 0.6 is 23.6 Å². The highest BCUT2D eigenvalue weighted by molar-refractivity contribution is 7.80. The average Bonchev–Trinajstić information content (AvgIpc) is 3.30. The monoisotopic (exact) mass is 414 g/mol. The minimum atomic E-state index is -0.475. The predicted molar refractivity (Wildman–Crippen MR) is 113 cm³/mol. The van der Waals surface area contributed by atoms with Gasteiger partial charge in [0.2, 0.25) is 0 Å². The normalized spacial score (nSPS) is 10.4. The van der Waals surface area contributed by atoms with E-state index in [1.807, 2.05) is 37.3 Å². The van der Waals surface area contributed by atoms with Gasteiger partial charge in [-0.3, -0.25) is 10.1 Å². The molecule has 2 N–H and O–H groups in total. The molecule has 144 valence electrons. The molecule has 1 aromatic carbocycles. The summed E-state index contributed by atoms with van der Waals surface area (Å²) in [5.41, 5.74) is 2.08. The van der Waals surface area contributed by atoms with Crippen LogP contribution in [-0.4, -0.2) is 23.6 Å². The topological polar surface area (TPSA) is 80.6 Å². The van der Waals surface area contributed by atoms with Crippen molar-refractivity contribution < 1.29 is 18.7 Å². The summed E-state index contributed by atoms with van der Waals surface area (Å²) in [5, 5.41) is 6.07. The van der Waals surface area contributed by atoms with Crippen molar-refractivity contribution in [3.63, 3.8) is 0 Å². The van der Waals surface area contributed by atoms with Gasteiger partial charge in [-0.2, -0.15) is 0 Å². The van der Waals surface area contributed by atoms with Crippen LogP contribution in [0.5, 0.6) is 0 Å². The zero-order valence-corrected chi connectivity index (χ0v) is 16.9. The third kappa shape index (κ3) is 4.29. The van der Waals surface area contributed by atoms with E-state index in [4.69, 9.17) is 21.4 Å². The average molecular weight is 415 g/mol. The SMILES string of the molecule is CCOC(=O)c1c(NC(=S)NC(=O)c2ccco2)sc(C)c1-c1ccccc1. The summed E-state index contributed by atoms with van der Waals surface area (Å²) >= 11 is 6.60. The summed E-state index contributed by atoms with van der Waals surface area (Å²) < 4.78 is 10.3. The van der Waals surface area contributed by atoms with E-state index in [-0.39, 0.29) is 17.5 Å². The Bertz CT molecular complexity index is 995. The Morgan fingerprint density at radius 2 is 1.93 bits per heavy atom. The molecular formula is C20H18N2O4S2. The van der Waals surface area contributed by atoms with Gasteiger partial charge in [0.05, 0.1) is 12.9 Å². The van der Waals surface area contributed by atoms with Crippen molar-refractivity contribution in [2.75, 3.05) is 11.9 Å². The van der Waals surface area contributed by atoms with Gasteiger partial charge < -0.3 is 14.5 Å². The largest absolute Gasteiger partial charge is 0.462 e. The van der Waals surface area contributed by atoms with Crippen molar-refractivity contribution in [2.24, 2.45) is 0 Å². The second kappa shape index (κ2) is 8.81. The number of aryl methyl sites for hydroxylation is 1. The van der Waals surface area contributed by atoms with Gasteiger partial charge in [-0.1, -0.05) is 30.3 Å². The van der Waals surface area contributed by atoms with Gasteiger partial charge in [0.1, 0.15) is 10.6 Å². The van der Waals surface area contributed by atoms with Crippen LogP contribution in [0.1, 0.15) is 32.7 Å². The number of hydrogen-bond acceptors (Lipinski definition) is 6. The number of carbonyl (C=O) groups is 2. The Labute approximate surface area is 171 Å². The Morgan fingerprint density at radius 3 is 2.57 bits per heavy atom. The molecule has 0 aliphatic heterocycles. The molecule has 0 saturated heterocycles. The zero-order valence-electron chi connectivity index (χ0n) is 15.3. The third-order valence-corrected chi connectivity index (χ3v) is 5.05. The molecule has 0 bridgehead atoms. The summed E-state index contributed by atoms with van der Waals surface area (Å²) in [7, 11) is 0. The van der Waals surface area contributed by atoms with E-state index in [9.17, 15) is 9.59 Å². The number of hydrogen-bond donors (Lipinski definition) is 2. The lowest BCUT2D eigenvalue weighted by atomic mass is 10.0. The predicted octanol–water partition coefficient (Wildman–Crippen LogP) is 4.62. The number of carbonyl (C=O) groups excluding carboxylic acids is 2. The first kappa shape index (κ1) is 19.8. The van der Waals surface area contributed by atoms with Crippen LogP contribution in [0.3, 0.4) is 0 Å². The van der Waals surface area contributed by atoms with Gasteiger partial charge >= 0.3 is 5.97 Å². The van der Waals surface area contributed by atoms with Crippen molar-refractivity contribution >= 4 is 45.5 Å². The van der Waals surface area contributed by atoms with Crippen molar-refractivity contribution in [3.05, 3.63) is 64.9 Å². The van der Waals surface area contributed by atoms with Gasteiger partial charge in [-0.05, 0) is 43.8 Å². The molecule has 0 unspecified atom stereocenters. The van der Waals surface area contributed by atoms with Crippen LogP contribution in [0.2, 0.25) is 0 Å². The van der Waals surface area contributed by atoms with E-state index in [1.54, 1.807) is 13.0 Å². The van der Waals surface area contributed by atoms with E-state index in [2.05, 4.69) is 10.6 Å². The van der Waals surface area contributed by atoms with E-state index in [1.165, 1.54) is 23.7 Å². The molecule has 28 heavy (non-hydrogen) atoms. The summed E-state index contributed by atoms with van der Waals surface area (Å²) in [6.45, 7) is 3.92. The van der Waals surface area contributed by atoms with Crippen molar-refractivity contribution in [2.45, 2.75) is 13.8 Å². The summed E-state index contributed by atoms with van der Waals surface area (Å²) in [4.78, 5) is 25.7. The third-order valence-electron chi connectivity index (χ3n) is 3.83. The summed E-state index contributed by atoms with van der Waals surface area (Å²) in [6.07, 6.45) is 1.40. The summed E-state index contributed by atoms with van der Waals surface area (Å²) in [6, 6.07) is 12.7. The van der Waals surface area contributed by atoms with Crippen LogP contribution in [0.15, 0.2) is 53.1 Å². The smallest absolute Gasteiger partial charge is 0.341 e. The Hall–Kier alpha value is -2.97. The van der Waals surface area contributed by atoms with E-state index < -0.39 is 11.9 Å². The minimum absolute atomic E-state index is 0.0628. The maximum atomic E-state index is 12.7. The molecule has 6 nitrogen and oxygen atoms in total. The van der Waals surface area contributed by atoms with Crippen molar-refractivity contribution in [1.29, 1.82) is 0 Å². The first-order chi connectivity index (χ1) is 13.5. The van der Waals surface area contributed by atoms with Gasteiger partial charge in [0.25, 0.3) is 5.91 Å². The van der Waals surface area contributed by atoms with E-state index >= 15 is 0 Å². The zero-order chi connectivity index (χ0) is 20.1. The number of anilines is 1. The molecule has 0 aliphatic rings. The second-order valence-corrected chi connectivity index (χ2v) is 7.34. The number of benzene rings is 1. The standard InChI is InChI=1S/C20H18N2O4S2/c1-3-25-19(24)16-15(13-8-5-4-6-9-13)12(2)28-18(16)22-20(27)21-17(23)14-10-7-11-26-14/h4-11H,3H2,1-2H3,(H2,21,22,23,27). The molecule has 0 atom stereocenters. The highest BCUT2D eigenvalue weighted by atomic mass is 32.1. The lowest BCUT2D eigenvalue weighted by molar-refractivity contribution is 0.0529. The lowest BCUT2D eigenvalue weighted by Crippen LogP contribution is -2.34. The maximum absolute atomic E-state index is 12.7. The first-order valence-electron chi connectivity index (χ1n) is 8.53. The quantitative estimate of drug-likeness (QED) is 0.468. The maximum Gasteiger partial charge on any atom is 0.341 e. The van der Waals surface area contributed by atoms with E-state index in [0.29, 0.717) is 10.6 Å². The Morgan fingerprint density at radius 1 is 1.18 bits per heavy atom. The molecule has 0 aliphatic carbocycles. The van der Waals surface area contributed by atoms with Crippen molar-refractivity contribution in [3.8, 4) is 11.1 Å². The fraction of sp³-hybridized carbons (Fsp3) is 0.150. The molecule has 0 saturated carbocycles. The van der Waals surface area contributed by atoms with Crippen LogP contribution < -0.4 is 10.6 Å². The molecule has 0 radical (unpaired) electrons. The van der Waals surface area contributed by atoms with Gasteiger partial charge in [-0.25, -0.2) is 4.79 Å². The second-order valence-electron chi connectivity index (χ2n) is 5.71. The number of thiocarbonyl (C=S) groups is 1. The van der Waals surface area contributed by atoms with Crippen LogP contribution in [-0.2, 0) is 4.74 Å². The van der Waals surface area contributed by atoms with Crippen molar-refractivity contribution in [1.82, 2.24) is 5.32 Å². The molecular weight excluding hydrogens is 396 g/mol. The Balaban J connectivity index is 1.91. The Kier molecular flexibility index (Phi) is 6.23. The summed E-state index contributed by atoms with van der Waals surface area (Å²) in [5.74, 6) is -0.785. The number of thiophene rings is 1. The molecule has 0 fully saturated rings. The molecule has 2 aromatic heterocycles. The highest BCUT2D eigenvalue weighted by Gasteiger charge is 2.25. The van der Waals surface area contributed by atoms with Gasteiger partial charge in [0, 0.05) is 10.4 Å². The lowest BCUT2D eigenvalue weighted by Gasteiger charge is -2.10. The number of esters is 1. The molecule has 0 spiro atoms. The fourth-order valence-corrected chi connectivity index (χ4v) is 4.02. The van der Waals surface area contributed by atoms with Gasteiger partial charge in [0.15, 0.2) is 10.9 Å². The van der Waals surface area contributed by atoms with Crippen LogP contribution in [0.4, 0.5) is 5.00 Å². The van der Waals surface area contributed by atoms with E-state index in [0.717, 1.165) is 16.0 Å². The van der Waals surface area contributed by atoms with Gasteiger partial charge in [-0.15, -0.1) is 11.3 Å². The number of furan rings is 1. The number of rotatable bonds is 5. The molecule has 2 heterocycles. The highest BCUT2D eigenvalue weighted by Crippen LogP contribution is 2.40. The first-order valence-corrected chi connectivity index (χ1v) is 9.75. The van der Waals surface area contributed by atoms with Crippen LogP contribution in [0, 0.1) is 6.92 Å². The number of amides is 1. The molecule has 3 aromatic rings. The molecule has 3 rings (SSSR count). The number of nitrogens with one attached hydrogen (secondary N) is 2. The molecule has 8 heteroatoms. The molecule has 1 amide bonds.